The number of phenolic OH excluding ortho intramolecular Hbond substituents is 1. The molecule has 0 aliphatic rings. The highest BCUT2D eigenvalue weighted by atomic mass is 127. The normalized spacial score (nSPS) is 10.1. The second-order valence-corrected chi connectivity index (χ2v) is 5.12. The van der Waals surface area contributed by atoms with Crippen LogP contribution in [0.15, 0.2) is 42.5 Å². The Hall–Kier alpha value is -1.56. The summed E-state index contributed by atoms with van der Waals surface area (Å²) in [6.07, 6.45) is 0. The van der Waals surface area contributed by atoms with Gasteiger partial charge in [0.05, 0.1) is 11.3 Å². The van der Waals surface area contributed by atoms with E-state index in [1.54, 1.807) is 12.1 Å². The minimum Gasteiger partial charge on any atom is -0.507 e. The lowest BCUT2D eigenvalue weighted by Crippen LogP contribution is -2.13. The van der Waals surface area contributed by atoms with Crippen LogP contribution in [0.2, 0.25) is 0 Å². The van der Waals surface area contributed by atoms with Crippen LogP contribution in [0.4, 0.5) is 5.69 Å². The van der Waals surface area contributed by atoms with Crippen molar-refractivity contribution in [2.75, 3.05) is 5.32 Å². The van der Waals surface area contributed by atoms with E-state index in [4.69, 9.17) is 0 Å². The average molecular weight is 353 g/mol. The molecule has 18 heavy (non-hydrogen) atoms. The van der Waals surface area contributed by atoms with Crippen molar-refractivity contribution >= 4 is 34.2 Å². The summed E-state index contributed by atoms with van der Waals surface area (Å²) < 4.78 is 0.954. The van der Waals surface area contributed by atoms with E-state index in [2.05, 4.69) is 27.9 Å². The zero-order valence-corrected chi connectivity index (χ0v) is 11.9. The SMILES string of the molecule is Cc1ccc(O)c(C(=O)Nc2ccccc2I)c1. The molecule has 0 saturated heterocycles. The van der Waals surface area contributed by atoms with E-state index in [0.717, 1.165) is 14.8 Å². The van der Waals surface area contributed by atoms with Crippen LogP contribution < -0.4 is 5.32 Å². The van der Waals surface area contributed by atoms with Crippen molar-refractivity contribution in [2.24, 2.45) is 0 Å². The maximum absolute atomic E-state index is 12.1. The van der Waals surface area contributed by atoms with E-state index in [0.29, 0.717) is 0 Å². The summed E-state index contributed by atoms with van der Waals surface area (Å²) >= 11 is 2.15. The third-order valence-electron chi connectivity index (χ3n) is 2.52. The smallest absolute Gasteiger partial charge is 0.259 e. The van der Waals surface area contributed by atoms with Gasteiger partial charge in [0.25, 0.3) is 5.91 Å². The summed E-state index contributed by atoms with van der Waals surface area (Å²) in [4.78, 5) is 12.1. The van der Waals surface area contributed by atoms with Gasteiger partial charge < -0.3 is 10.4 Å². The molecule has 1 amide bonds. The second-order valence-electron chi connectivity index (χ2n) is 3.95. The molecule has 0 heterocycles. The summed E-state index contributed by atoms with van der Waals surface area (Å²) in [6.45, 7) is 1.88. The summed E-state index contributed by atoms with van der Waals surface area (Å²) in [5, 5.41) is 12.5. The van der Waals surface area contributed by atoms with Crippen LogP contribution in [0.5, 0.6) is 5.75 Å². The molecule has 2 N–H and O–H groups in total. The van der Waals surface area contributed by atoms with Crippen LogP contribution >= 0.6 is 22.6 Å². The predicted octanol–water partition coefficient (Wildman–Crippen LogP) is 3.56. The van der Waals surface area contributed by atoms with Gasteiger partial charge in [-0.1, -0.05) is 23.8 Å². The molecule has 0 aliphatic heterocycles. The highest BCUT2D eigenvalue weighted by molar-refractivity contribution is 14.1. The molecule has 0 fully saturated rings. The Morgan fingerprint density at radius 2 is 1.94 bits per heavy atom. The molecule has 4 heteroatoms. The van der Waals surface area contributed by atoms with Gasteiger partial charge in [-0.05, 0) is 53.8 Å². The minimum atomic E-state index is -0.305. The molecule has 3 nitrogen and oxygen atoms in total. The van der Waals surface area contributed by atoms with Gasteiger partial charge in [0.2, 0.25) is 0 Å². The van der Waals surface area contributed by atoms with Crippen molar-refractivity contribution in [3.05, 3.63) is 57.2 Å². The number of anilines is 1. The number of hydrogen-bond acceptors (Lipinski definition) is 2. The number of phenols is 1. The Morgan fingerprint density at radius 1 is 1.22 bits per heavy atom. The minimum absolute atomic E-state index is 0.0101. The van der Waals surface area contributed by atoms with Crippen LogP contribution in [0, 0.1) is 10.5 Å². The van der Waals surface area contributed by atoms with Crippen LogP contribution in [0.25, 0.3) is 0 Å². The van der Waals surface area contributed by atoms with Crippen molar-refractivity contribution in [3.63, 3.8) is 0 Å². The van der Waals surface area contributed by atoms with E-state index >= 15 is 0 Å². The first kappa shape index (κ1) is 12.9. The monoisotopic (exact) mass is 353 g/mol. The molecule has 0 unspecified atom stereocenters. The third-order valence-corrected chi connectivity index (χ3v) is 3.46. The van der Waals surface area contributed by atoms with Crippen LogP contribution in [-0.4, -0.2) is 11.0 Å². The average Bonchev–Trinajstić information content (AvgIpc) is 2.35. The Bertz CT molecular complexity index is 596. The number of amides is 1. The number of carbonyl (C=O) groups is 1. The first-order valence-corrected chi connectivity index (χ1v) is 6.51. The van der Waals surface area contributed by atoms with Gasteiger partial charge in [-0.25, -0.2) is 0 Å². The molecule has 0 bridgehead atoms. The fraction of sp³-hybridized carbons (Fsp3) is 0.0714. The van der Waals surface area contributed by atoms with Crippen molar-refractivity contribution in [1.82, 2.24) is 0 Å². The van der Waals surface area contributed by atoms with E-state index in [-0.39, 0.29) is 17.2 Å². The van der Waals surface area contributed by atoms with E-state index in [1.165, 1.54) is 6.07 Å². The Kier molecular flexibility index (Phi) is 3.86. The van der Waals surface area contributed by atoms with Gasteiger partial charge >= 0.3 is 0 Å². The molecule has 92 valence electrons. The number of para-hydroxylation sites is 1. The molecule has 0 saturated carbocycles. The summed E-state index contributed by atoms with van der Waals surface area (Å²) in [5.74, 6) is -0.315. The number of rotatable bonds is 2. The summed E-state index contributed by atoms with van der Waals surface area (Å²) in [6, 6.07) is 12.5. The molecule has 2 rings (SSSR count). The molecule has 0 aromatic heterocycles. The number of carbonyl (C=O) groups excluding carboxylic acids is 1. The van der Waals surface area contributed by atoms with Gasteiger partial charge in [0.15, 0.2) is 0 Å². The van der Waals surface area contributed by atoms with Gasteiger partial charge in [0.1, 0.15) is 5.75 Å². The Labute approximate surface area is 119 Å². The van der Waals surface area contributed by atoms with Gasteiger partial charge in [-0.3, -0.25) is 4.79 Å². The molecule has 2 aromatic rings. The van der Waals surface area contributed by atoms with E-state index < -0.39 is 0 Å². The fourth-order valence-electron chi connectivity index (χ4n) is 1.58. The molecule has 0 spiro atoms. The van der Waals surface area contributed by atoms with Gasteiger partial charge in [-0.2, -0.15) is 0 Å². The number of aryl methyl sites for hydroxylation is 1. The fourth-order valence-corrected chi connectivity index (χ4v) is 2.11. The van der Waals surface area contributed by atoms with Crippen LogP contribution in [0.3, 0.4) is 0 Å². The van der Waals surface area contributed by atoms with Crippen molar-refractivity contribution in [1.29, 1.82) is 0 Å². The second kappa shape index (κ2) is 5.39. The van der Waals surface area contributed by atoms with Crippen molar-refractivity contribution in [2.45, 2.75) is 6.92 Å². The highest BCUT2D eigenvalue weighted by Crippen LogP contribution is 2.22. The Balaban J connectivity index is 2.28. The zero-order chi connectivity index (χ0) is 13.1. The molecular formula is C14H12INO2. The first-order valence-electron chi connectivity index (χ1n) is 5.43. The van der Waals surface area contributed by atoms with Crippen LogP contribution in [-0.2, 0) is 0 Å². The molecule has 2 aromatic carbocycles. The first-order chi connectivity index (χ1) is 8.58. The van der Waals surface area contributed by atoms with Crippen molar-refractivity contribution in [3.8, 4) is 5.75 Å². The number of aromatic hydroxyl groups is 1. The lowest BCUT2D eigenvalue weighted by molar-refractivity contribution is 0.102. The van der Waals surface area contributed by atoms with Crippen molar-refractivity contribution < 1.29 is 9.90 Å². The molecular weight excluding hydrogens is 341 g/mol. The standard InChI is InChI=1S/C14H12INO2/c1-9-6-7-13(17)10(8-9)14(18)16-12-5-3-2-4-11(12)15/h2-8,17H,1H3,(H,16,18). The maximum atomic E-state index is 12.1. The zero-order valence-electron chi connectivity index (χ0n) is 9.77. The quantitative estimate of drug-likeness (QED) is 0.812. The van der Waals surface area contributed by atoms with E-state index in [1.807, 2.05) is 31.2 Å². The topological polar surface area (TPSA) is 49.3 Å². The highest BCUT2D eigenvalue weighted by Gasteiger charge is 2.12. The summed E-state index contributed by atoms with van der Waals surface area (Å²) in [7, 11) is 0. The van der Waals surface area contributed by atoms with E-state index in [9.17, 15) is 9.90 Å². The van der Waals surface area contributed by atoms with Gasteiger partial charge in [-0.15, -0.1) is 0 Å². The predicted molar refractivity (Wildman–Crippen MR) is 80.0 cm³/mol. The molecule has 0 radical (unpaired) electrons. The number of halogens is 1. The summed E-state index contributed by atoms with van der Waals surface area (Å²) in [5.41, 5.74) is 1.96. The molecule has 0 aliphatic carbocycles. The lowest BCUT2D eigenvalue weighted by Gasteiger charge is -2.09. The Morgan fingerprint density at radius 3 is 2.67 bits per heavy atom. The maximum Gasteiger partial charge on any atom is 0.259 e. The largest absolute Gasteiger partial charge is 0.507 e. The number of nitrogens with one attached hydrogen (secondary N) is 1. The third kappa shape index (κ3) is 2.81. The number of hydrogen-bond donors (Lipinski definition) is 2. The van der Waals surface area contributed by atoms with Crippen LogP contribution in [0.1, 0.15) is 15.9 Å². The molecule has 0 atom stereocenters. The lowest BCUT2D eigenvalue weighted by atomic mass is 10.1. The number of benzene rings is 2. The van der Waals surface area contributed by atoms with Gasteiger partial charge in [0, 0.05) is 3.57 Å².